The molecule has 0 bridgehead atoms. The summed E-state index contributed by atoms with van der Waals surface area (Å²) in [4.78, 5) is 15.0. The minimum atomic E-state index is -0.0816. The molecule has 3 rings (SSSR count). The van der Waals surface area contributed by atoms with Crippen LogP contribution in [0.2, 0.25) is 0 Å². The Kier molecular flexibility index (Phi) is 6.02. The summed E-state index contributed by atoms with van der Waals surface area (Å²) in [7, 11) is 2.18. The second kappa shape index (κ2) is 8.43. The third-order valence-corrected chi connectivity index (χ3v) is 5.48. The van der Waals surface area contributed by atoms with Crippen LogP contribution in [0.25, 0.3) is 0 Å². The van der Waals surface area contributed by atoms with Gasteiger partial charge in [0.15, 0.2) is 0 Å². The highest BCUT2D eigenvalue weighted by Crippen LogP contribution is 2.21. The number of halogens is 1. The van der Waals surface area contributed by atoms with Crippen LogP contribution in [0.1, 0.15) is 20.8 Å². The Labute approximate surface area is 160 Å². The van der Waals surface area contributed by atoms with Gasteiger partial charge in [-0.05, 0) is 52.3 Å². The third-order valence-electron chi connectivity index (χ3n) is 3.86. The summed E-state index contributed by atoms with van der Waals surface area (Å²) in [5.74, 6) is -0.0816. The average Bonchev–Trinajstić information content (AvgIpc) is 3.01. The number of amides is 1. The Morgan fingerprint density at radius 2 is 1.72 bits per heavy atom. The Balaban J connectivity index is 1.57. The molecule has 0 fully saturated rings. The lowest BCUT2D eigenvalue weighted by Crippen LogP contribution is -3.06. The highest BCUT2D eigenvalue weighted by molar-refractivity contribution is 9.11. The molecule has 0 radical (unpaired) electrons. The molecule has 0 spiro atoms. The SMILES string of the molecule is C[NH+](Cc1ccc(C(=O)Nc2ccccc2)cc1)Cc1ccc(Br)s1. The molecule has 3 nitrogen and oxygen atoms in total. The Bertz CT molecular complexity index is 830. The summed E-state index contributed by atoms with van der Waals surface area (Å²) in [5.41, 5.74) is 2.71. The van der Waals surface area contributed by atoms with Gasteiger partial charge in [-0.1, -0.05) is 30.3 Å². The first kappa shape index (κ1) is 17.9. The first-order chi connectivity index (χ1) is 12.1. The van der Waals surface area contributed by atoms with Crippen LogP contribution in [0.15, 0.2) is 70.5 Å². The number of hydrogen-bond donors (Lipinski definition) is 2. The Morgan fingerprint density at radius 3 is 2.36 bits per heavy atom. The van der Waals surface area contributed by atoms with Gasteiger partial charge in [0, 0.05) is 16.8 Å². The van der Waals surface area contributed by atoms with Crippen molar-refractivity contribution in [1.29, 1.82) is 0 Å². The van der Waals surface area contributed by atoms with E-state index >= 15 is 0 Å². The van der Waals surface area contributed by atoms with E-state index in [1.807, 2.05) is 54.6 Å². The fourth-order valence-corrected chi connectivity index (χ4v) is 4.25. The van der Waals surface area contributed by atoms with Gasteiger partial charge in [-0.2, -0.15) is 0 Å². The van der Waals surface area contributed by atoms with Gasteiger partial charge in [0.2, 0.25) is 0 Å². The van der Waals surface area contributed by atoms with Gasteiger partial charge < -0.3 is 10.2 Å². The largest absolute Gasteiger partial charge is 0.329 e. The Morgan fingerprint density at radius 1 is 1.00 bits per heavy atom. The lowest BCUT2D eigenvalue weighted by molar-refractivity contribution is -0.907. The van der Waals surface area contributed by atoms with Gasteiger partial charge in [0.25, 0.3) is 5.91 Å². The zero-order valence-electron chi connectivity index (χ0n) is 14.0. The predicted molar refractivity (Wildman–Crippen MR) is 107 cm³/mol. The first-order valence-electron chi connectivity index (χ1n) is 8.11. The smallest absolute Gasteiger partial charge is 0.255 e. The summed E-state index contributed by atoms with van der Waals surface area (Å²) in [6.45, 7) is 1.92. The van der Waals surface area contributed by atoms with E-state index in [4.69, 9.17) is 0 Å². The van der Waals surface area contributed by atoms with E-state index in [9.17, 15) is 4.79 Å². The molecule has 0 saturated carbocycles. The lowest BCUT2D eigenvalue weighted by Gasteiger charge is -2.13. The molecule has 2 N–H and O–H groups in total. The number of para-hydroxylation sites is 1. The molecular weight excluding hydrogens is 396 g/mol. The maximum atomic E-state index is 12.3. The van der Waals surface area contributed by atoms with E-state index in [1.54, 1.807) is 11.3 Å². The van der Waals surface area contributed by atoms with Crippen LogP contribution in [0.3, 0.4) is 0 Å². The first-order valence-corrected chi connectivity index (χ1v) is 9.72. The molecule has 5 heteroatoms. The maximum absolute atomic E-state index is 12.3. The van der Waals surface area contributed by atoms with E-state index in [-0.39, 0.29) is 5.91 Å². The van der Waals surface area contributed by atoms with Crippen molar-refractivity contribution < 1.29 is 9.69 Å². The fraction of sp³-hybridized carbons (Fsp3) is 0.150. The van der Waals surface area contributed by atoms with Gasteiger partial charge in [-0.15, -0.1) is 11.3 Å². The summed E-state index contributed by atoms with van der Waals surface area (Å²) in [6.07, 6.45) is 0. The van der Waals surface area contributed by atoms with Gasteiger partial charge in [-0.3, -0.25) is 4.79 Å². The number of rotatable bonds is 6. The quantitative estimate of drug-likeness (QED) is 0.626. The van der Waals surface area contributed by atoms with Crippen molar-refractivity contribution in [2.24, 2.45) is 0 Å². The van der Waals surface area contributed by atoms with Crippen molar-refractivity contribution in [3.8, 4) is 0 Å². The minimum absolute atomic E-state index is 0.0816. The van der Waals surface area contributed by atoms with Crippen molar-refractivity contribution in [3.05, 3.63) is 86.5 Å². The van der Waals surface area contributed by atoms with E-state index < -0.39 is 0 Å². The normalized spacial score (nSPS) is 11.9. The number of hydrogen-bond acceptors (Lipinski definition) is 2. The molecule has 0 aliphatic rings. The molecule has 3 aromatic rings. The number of benzene rings is 2. The number of carbonyl (C=O) groups excluding carboxylic acids is 1. The van der Waals surface area contributed by atoms with E-state index in [0.29, 0.717) is 5.56 Å². The molecule has 128 valence electrons. The van der Waals surface area contributed by atoms with Crippen molar-refractivity contribution in [2.75, 3.05) is 12.4 Å². The van der Waals surface area contributed by atoms with E-state index in [1.165, 1.54) is 19.1 Å². The molecular formula is C20H20BrN2OS+. The van der Waals surface area contributed by atoms with Gasteiger partial charge in [-0.25, -0.2) is 0 Å². The topological polar surface area (TPSA) is 33.5 Å². The molecule has 1 aromatic heterocycles. The summed E-state index contributed by atoms with van der Waals surface area (Å²) in [6, 6.07) is 21.6. The number of anilines is 1. The second-order valence-electron chi connectivity index (χ2n) is 6.03. The van der Waals surface area contributed by atoms with Crippen LogP contribution in [-0.2, 0) is 13.1 Å². The highest BCUT2D eigenvalue weighted by Gasteiger charge is 2.09. The molecule has 0 aliphatic heterocycles. The number of thiophene rings is 1. The van der Waals surface area contributed by atoms with Crippen LogP contribution in [0.5, 0.6) is 0 Å². The van der Waals surface area contributed by atoms with Crippen LogP contribution in [-0.4, -0.2) is 13.0 Å². The second-order valence-corrected chi connectivity index (χ2v) is 8.58. The van der Waals surface area contributed by atoms with Gasteiger partial charge in [0.05, 0.1) is 15.7 Å². The predicted octanol–water partition coefficient (Wildman–Crippen LogP) is 3.98. The summed E-state index contributed by atoms with van der Waals surface area (Å²) in [5, 5.41) is 2.91. The zero-order chi connectivity index (χ0) is 17.6. The third kappa shape index (κ3) is 5.26. The number of quaternary nitrogens is 1. The summed E-state index contributed by atoms with van der Waals surface area (Å²) >= 11 is 5.28. The molecule has 0 aliphatic carbocycles. The lowest BCUT2D eigenvalue weighted by atomic mass is 10.1. The molecule has 1 heterocycles. The highest BCUT2D eigenvalue weighted by atomic mass is 79.9. The van der Waals surface area contributed by atoms with Crippen LogP contribution in [0, 0.1) is 0 Å². The fourth-order valence-electron chi connectivity index (χ4n) is 2.65. The van der Waals surface area contributed by atoms with E-state index in [0.717, 1.165) is 18.8 Å². The summed E-state index contributed by atoms with van der Waals surface area (Å²) < 4.78 is 1.17. The Hall–Kier alpha value is -1.95. The number of carbonyl (C=O) groups is 1. The van der Waals surface area contributed by atoms with E-state index in [2.05, 4.69) is 40.4 Å². The monoisotopic (exact) mass is 415 g/mol. The van der Waals surface area contributed by atoms with Crippen LogP contribution >= 0.6 is 27.3 Å². The number of nitrogens with one attached hydrogen (secondary N) is 2. The van der Waals surface area contributed by atoms with Crippen LogP contribution < -0.4 is 10.2 Å². The average molecular weight is 416 g/mol. The maximum Gasteiger partial charge on any atom is 0.255 e. The minimum Gasteiger partial charge on any atom is -0.329 e. The molecule has 1 unspecified atom stereocenters. The van der Waals surface area contributed by atoms with Gasteiger partial charge >= 0.3 is 0 Å². The van der Waals surface area contributed by atoms with Crippen molar-refractivity contribution in [3.63, 3.8) is 0 Å². The molecule has 0 saturated heterocycles. The van der Waals surface area contributed by atoms with Crippen molar-refractivity contribution in [2.45, 2.75) is 13.1 Å². The van der Waals surface area contributed by atoms with Gasteiger partial charge in [0.1, 0.15) is 13.1 Å². The molecule has 25 heavy (non-hydrogen) atoms. The molecule has 1 atom stereocenters. The van der Waals surface area contributed by atoms with Crippen LogP contribution in [0.4, 0.5) is 5.69 Å². The standard InChI is InChI=1S/C20H19BrN2OS/c1-23(14-18-11-12-19(21)25-18)13-15-7-9-16(10-8-15)20(24)22-17-5-3-2-4-6-17/h2-12H,13-14H2,1H3,(H,22,24)/p+1. The van der Waals surface area contributed by atoms with Crippen molar-refractivity contribution in [1.82, 2.24) is 0 Å². The zero-order valence-corrected chi connectivity index (χ0v) is 16.4. The molecule has 1 amide bonds. The molecule has 2 aromatic carbocycles. The van der Waals surface area contributed by atoms with Crippen molar-refractivity contribution >= 4 is 38.9 Å².